The quantitative estimate of drug-likeness (QED) is 0.315. The predicted octanol–water partition coefficient (Wildman–Crippen LogP) is 3.87. The molecule has 4 aliphatic heterocycles. The number of benzene rings is 1. The number of nitriles is 1. The number of nitrogens with one attached hydrogen (secondary N) is 1. The number of ether oxygens (including phenoxy) is 4. The van der Waals surface area contributed by atoms with Crippen LogP contribution in [-0.2, 0) is 30.2 Å². The maximum absolute atomic E-state index is 12.9. The van der Waals surface area contributed by atoms with Gasteiger partial charge in [-0.1, -0.05) is 19.4 Å². The van der Waals surface area contributed by atoms with Crippen LogP contribution < -0.4 is 10.1 Å². The number of unbranched alkanes of at least 4 members (excludes halogenated alkanes) is 1. The molecule has 4 heterocycles. The van der Waals surface area contributed by atoms with Gasteiger partial charge in [0.05, 0.1) is 25.3 Å². The number of hydrogen-bond donors (Lipinski definition) is 2. The van der Waals surface area contributed by atoms with Crippen molar-refractivity contribution in [3.05, 3.63) is 57.8 Å². The molecule has 11 heteroatoms. The first-order valence-electron chi connectivity index (χ1n) is 15.2. The molecule has 2 N–H and O–H groups in total. The van der Waals surface area contributed by atoms with Crippen molar-refractivity contribution in [3.63, 3.8) is 0 Å². The maximum Gasteiger partial charge on any atom is 0.308 e. The van der Waals surface area contributed by atoms with Crippen molar-refractivity contribution in [2.75, 3.05) is 27.5 Å². The largest absolute Gasteiger partial charge is 0.504 e. The summed E-state index contributed by atoms with van der Waals surface area (Å²) in [5.41, 5.74) is 4.00. The fraction of sp³-hybridized carbons (Fsp3) is 0.545. The topological polar surface area (TPSA) is 134 Å². The van der Waals surface area contributed by atoms with Gasteiger partial charge in [0.25, 0.3) is 0 Å². The van der Waals surface area contributed by atoms with Gasteiger partial charge in [-0.25, -0.2) is 0 Å². The summed E-state index contributed by atoms with van der Waals surface area (Å²) in [6.45, 7) is 7.32. The molecule has 1 unspecified atom stereocenters. The van der Waals surface area contributed by atoms with Crippen LogP contribution in [0.4, 0.5) is 0 Å². The summed E-state index contributed by atoms with van der Waals surface area (Å²) in [5.74, 6) is 0.822. The second kappa shape index (κ2) is 12.9. The van der Waals surface area contributed by atoms with Gasteiger partial charge >= 0.3 is 5.97 Å². The van der Waals surface area contributed by atoms with E-state index >= 15 is 0 Å². The minimum absolute atomic E-state index is 0.0277. The summed E-state index contributed by atoms with van der Waals surface area (Å²) in [7, 11) is 3.54. The fourth-order valence-electron chi connectivity index (χ4n) is 7.45. The summed E-state index contributed by atoms with van der Waals surface area (Å²) < 4.78 is 22.8. The smallest absolute Gasteiger partial charge is 0.308 e. The van der Waals surface area contributed by atoms with Gasteiger partial charge in [-0.3, -0.25) is 19.4 Å². The van der Waals surface area contributed by atoms with Crippen LogP contribution in [-0.4, -0.2) is 78.4 Å². The third-order valence-corrected chi connectivity index (χ3v) is 9.25. The number of aryl methyl sites for hydroxylation is 1. The number of aromatic hydroxyl groups is 1. The molecule has 1 aromatic carbocycles. The Bertz CT molecular complexity index is 1460. The molecule has 1 aromatic rings. The number of carbonyl (C=O) groups is 2. The van der Waals surface area contributed by atoms with Crippen molar-refractivity contribution in [1.82, 2.24) is 15.1 Å². The molecule has 44 heavy (non-hydrogen) atoms. The number of allylic oxidation sites excluding steroid dienone is 2. The average Bonchev–Trinajstić information content (AvgIpc) is 3.52. The van der Waals surface area contributed by atoms with Gasteiger partial charge in [0.2, 0.25) is 12.7 Å². The number of phenolic OH excluding ortho intramolecular Hbond substituents is 1. The molecule has 1 amide bonds. The second-order valence-electron chi connectivity index (χ2n) is 11.8. The molecule has 0 radical (unpaired) electrons. The van der Waals surface area contributed by atoms with E-state index in [0.717, 1.165) is 35.1 Å². The lowest BCUT2D eigenvalue weighted by Gasteiger charge is -2.60. The number of likely N-dealkylation sites (N-methyl/N-ethyl adjacent to an activating group) is 1. The van der Waals surface area contributed by atoms with Crippen LogP contribution in [0.5, 0.6) is 11.5 Å². The Balaban J connectivity index is 1.73. The Morgan fingerprint density at radius 3 is 2.68 bits per heavy atom. The van der Waals surface area contributed by atoms with Crippen molar-refractivity contribution in [1.29, 1.82) is 5.26 Å². The minimum atomic E-state index is -0.557. The second-order valence-corrected chi connectivity index (χ2v) is 11.8. The molecule has 1 fully saturated rings. The molecule has 0 spiro atoms. The zero-order valence-electron chi connectivity index (χ0n) is 26.3. The van der Waals surface area contributed by atoms with E-state index in [1.165, 1.54) is 13.2 Å². The third-order valence-electron chi connectivity index (χ3n) is 9.25. The first kappa shape index (κ1) is 31.4. The SMILES string of the molecule is C/C=C(\OC(C)=O)C1=C(C2=COCO2)[C@H](CNC(=O)CCCC)N2C(C1)[C@H]1c3c(cc(C)c(OC)c3O)C[C@H]([C@@H]2C#N)N1C. The third kappa shape index (κ3) is 5.41. The first-order chi connectivity index (χ1) is 21.2. The number of rotatable bonds is 9. The number of esters is 1. The molecule has 1 saturated heterocycles. The van der Waals surface area contributed by atoms with Crippen molar-refractivity contribution in [2.45, 2.75) is 90.0 Å². The summed E-state index contributed by atoms with van der Waals surface area (Å²) in [4.78, 5) is 29.6. The minimum Gasteiger partial charge on any atom is -0.504 e. The Labute approximate surface area is 258 Å². The normalized spacial score (nSPS) is 26.4. The van der Waals surface area contributed by atoms with Gasteiger partial charge in [0.15, 0.2) is 17.3 Å². The molecule has 5 atom stereocenters. The number of hydrogen-bond acceptors (Lipinski definition) is 10. The Morgan fingerprint density at radius 1 is 1.30 bits per heavy atom. The maximum atomic E-state index is 12.9. The summed E-state index contributed by atoms with van der Waals surface area (Å²) in [5, 5.41) is 25.5. The molecule has 0 aromatic heterocycles. The number of piperazine rings is 1. The van der Waals surface area contributed by atoms with Crippen LogP contribution in [0.15, 0.2) is 41.1 Å². The summed E-state index contributed by atoms with van der Waals surface area (Å²) in [6.07, 6.45) is 6.26. The number of fused-ring (bicyclic) bond motifs is 6. The first-order valence-corrected chi connectivity index (χ1v) is 15.2. The van der Waals surface area contributed by atoms with Crippen LogP contribution in [0.3, 0.4) is 0 Å². The van der Waals surface area contributed by atoms with E-state index in [2.05, 4.69) is 21.2 Å². The van der Waals surface area contributed by atoms with Crippen LogP contribution in [0.25, 0.3) is 0 Å². The van der Waals surface area contributed by atoms with Crippen LogP contribution in [0, 0.1) is 18.3 Å². The van der Waals surface area contributed by atoms with Gasteiger partial charge in [-0.05, 0) is 57.4 Å². The lowest BCUT2D eigenvalue weighted by atomic mass is 9.71. The van der Waals surface area contributed by atoms with Crippen molar-refractivity contribution in [3.8, 4) is 17.6 Å². The molecular weight excluding hydrogens is 564 g/mol. The van der Waals surface area contributed by atoms with Gasteiger partial charge in [0.1, 0.15) is 18.1 Å². The summed E-state index contributed by atoms with van der Waals surface area (Å²) >= 11 is 0. The van der Waals surface area contributed by atoms with Crippen LogP contribution in [0.2, 0.25) is 0 Å². The highest BCUT2D eigenvalue weighted by atomic mass is 16.7. The fourth-order valence-corrected chi connectivity index (χ4v) is 7.45. The van der Waals surface area contributed by atoms with E-state index < -0.39 is 18.1 Å². The number of nitrogens with zero attached hydrogens (tertiary/aromatic N) is 3. The molecule has 236 valence electrons. The van der Waals surface area contributed by atoms with Crippen molar-refractivity contribution >= 4 is 11.9 Å². The Hall–Kier alpha value is -4.01. The molecule has 5 rings (SSSR count). The standard InChI is InChI=1S/C33H42N4O7/c1-7-9-10-28(39)35-15-25-30(27-16-42-17-43-27)21(26(8-2)44-19(4)38)13-23-31-29-20(11-18(3)33(41-6)32(29)40)12-22(36(31)5)24(14-34)37(23)25/h8,11,16,22-25,31,40H,7,9-10,12-13,15,17H2,1-6H3,(H,35,39)/b26-8-/t22-,23?,24+,25+,31+/m1/s1. The molecule has 11 nitrogen and oxygen atoms in total. The number of amides is 1. The van der Waals surface area contributed by atoms with Gasteiger partial charge in [-0.2, -0.15) is 5.26 Å². The Morgan fingerprint density at radius 2 is 2.07 bits per heavy atom. The van der Waals surface area contributed by atoms with E-state index in [1.807, 2.05) is 27.0 Å². The number of carbonyl (C=O) groups excluding carboxylic acids is 2. The average molecular weight is 607 g/mol. The highest BCUT2D eigenvalue weighted by Gasteiger charge is 2.56. The van der Waals surface area contributed by atoms with Crippen molar-refractivity contribution < 1.29 is 33.6 Å². The highest BCUT2D eigenvalue weighted by Crippen LogP contribution is 2.54. The van der Waals surface area contributed by atoms with E-state index in [1.54, 1.807) is 20.1 Å². The van der Waals surface area contributed by atoms with E-state index in [-0.39, 0.29) is 43.1 Å². The van der Waals surface area contributed by atoms with Gasteiger partial charge < -0.3 is 29.4 Å². The molecule has 0 aliphatic carbocycles. The van der Waals surface area contributed by atoms with Crippen molar-refractivity contribution in [2.24, 2.45) is 0 Å². The lowest BCUT2D eigenvalue weighted by molar-refractivity contribution is -0.136. The van der Waals surface area contributed by atoms with E-state index in [4.69, 9.17) is 18.9 Å². The number of phenols is 1. The Kier molecular flexibility index (Phi) is 9.23. The number of methoxy groups -OCH3 is 1. The summed E-state index contributed by atoms with van der Waals surface area (Å²) in [6, 6.07) is 2.70. The van der Waals surface area contributed by atoms with Gasteiger partial charge in [0, 0.05) is 48.7 Å². The highest BCUT2D eigenvalue weighted by molar-refractivity contribution is 5.76. The molecular formula is C33H42N4O7. The lowest BCUT2D eigenvalue weighted by Crippen LogP contribution is -2.70. The molecule has 0 saturated carbocycles. The molecule has 2 bridgehead atoms. The van der Waals surface area contributed by atoms with Crippen LogP contribution in [0.1, 0.15) is 69.2 Å². The zero-order chi connectivity index (χ0) is 31.7. The van der Waals surface area contributed by atoms with Crippen LogP contribution >= 0.6 is 0 Å². The monoisotopic (exact) mass is 606 g/mol. The van der Waals surface area contributed by atoms with E-state index in [9.17, 15) is 20.0 Å². The van der Waals surface area contributed by atoms with E-state index in [0.29, 0.717) is 42.1 Å². The van der Waals surface area contributed by atoms with Gasteiger partial charge in [-0.15, -0.1) is 0 Å². The predicted molar refractivity (Wildman–Crippen MR) is 161 cm³/mol. The molecule has 4 aliphatic rings. The zero-order valence-corrected chi connectivity index (χ0v) is 26.3.